The summed E-state index contributed by atoms with van der Waals surface area (Å²) in [4.78, 5) is 16.1. The molecule has 0 aliphatic rings. The molecule has 0 radical (unpaired) electrons. The van der Waals surface area contributed by atoms with E-state index in [1.165, 1.54) is 11.8 Å². The van der Waals surface area contributed by atoms with Gasteiger partial charge in [0.25, 0.3) is 5.91 Å². The van der Waals surface area contributed by atoms with Crippen molar-refractivity contribution in [1.29, 1.82) is 0 Å². The maximum atomic E-state index is 11.9. The Bertz CT molecular complexity index is 732. The van der Waals surface area contributed by atoms with Gasteiger partial charge in [-0.15, -0.1) is 5.10 Å². The third kappa shape index (κ3) is 3.00. The summed E-state index contributed by atoms with van der Waals surface area (Å²) in [6.07, 6.45) is 3.43. The zero-order valence-corrected chi connectivity index (χ0v) is 11.9. The first-order chi connectivity index (χ1) is 10.3. The Balaban J connectivity index is 1.61. The largest absolute Gasteiger partial charge is 0.461 e. The first-order valence-electron chi connectivity index (χ1n) is 6.13. The number of thioether (sulfide) groups is 1. The minimum Gasteiger partial charge on any atom is -0.461 e. The molecule has 0 spiro atoms. The highest BCUT2D eigenvalue weighted by atomic mass is 32.2. The molecule has 0 saturated carbocycles. The molecule has 8 heteroatoms. The molecule has 1 amide bonds. The van der Waals surface area contributed by atoms with E-state index in [0.717, 1.165) is 0 Å². The molecule has 7 nitrogen and oxygen atoms in total. The number of amides is 1. The lowest BCUT2D eigenvalue weighted by Crippen LogP contribution is -2.22. The topological polar surface area (TPSA) is 97.0 Å². The van der Waals surface area contributed by atoms with Crippen LogP contribution in [0.1, 0.15) is 16.4 Å². The molecule has 0 aromatic carbocycles. The highest BCUT2D eigenvalue weighted by Gasteiger charge is 2.12. The lowest BCUT2D eigenvalue weighted by molar-refractivity contribution is 0.0917. The summed E-state index contributed by atoms with van der Waals surface area (Å²) in [7, 11) is 0. The van der Waals surface area contributed by atoms with Crippen LogP contribution in [0.5, 0.6) is 0 Å². The number of carbonyl (C=O) groups is 1. The number of carbonyl (C=O) groups excluding carboxylic acids is 1. The SMILES string of the molecule is CSc1ccc(C(=O)NCc2nc(-c3ccco3)n[nH]2)o1. The van der Waals surface area contributed by atoms with E-state index in [4.69, 9.17) is 8.83 Å². The van der Waals surface area contributed by atoms with E-state index in [-0.39, 0.29) is 18.2 Å². The van der Waals surface area contributed by atoms with Crippen LogP contribution in [0.2, 0.25) is 0 Å². The van der Waals surface area contributed by atoms with Gasteiger partial charge in [0.1, 0.15) is 5.82 Å². The minimum absolute atomic E-state index is 0.224. The average molecular weight is 304 g/mol. The number of rotatable bonds is 5. The van der Waals surface area contributed by atoms with Gasteiger partial charge in [0.05, 0.1) is 12.8 Å². The van der Waals surface area contributed by atoms with E-state index in [1.54, 1.807) is 30.5 Å². The van der Waals surface area contributed by atoms with Crippen LogP contribution in [0.4, 0.5) is 0 Å². The highest BCUT2D eigenvalue weighted by molar-refractivity contribution is 7.98. The second kappa shape index (κ2) is 5.88. The van der Waals surface area contributed by atoms with Crippen molar-refractivity contribution in [2.45, 2.75) is 11.6 Å². The molecule has 0 saturated heterocycles. The van der Waals surface area contributed by atoms with Crippen LogP contribution < -0.4 is 5.32 Å². The number of hydrogen-bond acceptors (Lipinski definition) is 6. The van der Waals surface area contributed by atoms with E-state index in [0.29, 0.717) is 22.5 Å². The Morgan fingerprint density at radius 3 is 3.05 bits per heavy atom. The van der Waals surface area contributed by atoms with Crippen LogP contribution in [0.25, 0.3) is 11.6 Å². The van der Waals surface area contributed by atoms with Crippen LogP contribution in [0.3, 0.4) is 0 Å². The third-order valence-electron chi connectivity index (χ3n) is 2.70. The second-order valence-electron chi connectivity index (χ2n) is 4.09. The number of H-pyrrole nitrogens is 1. The van der Waals surface area contributed by atoms with E-state index >= 15 is 0 Å². The number of nitrogens with zero attached hydrogens (tertiary/aromatic N) is 2. The molecule has 3 aromatic rings. The zero-order valence-electron chi connectivity index (χ0n) is 11.1. The monoisotopic (exact) mass is 304 g/mol. The van der Waals surface area contributed by atoms with E-state index in [1.807, 2.05) is 6.26 Å². The molecular formula is C13H12N4O3S. The molecule has 2 N–H and O–H groups in total. The van der Waals surface area contributed by atoms with Crippen molar-refractivity contribution in [2.24, 2.45) is 0 Å². The van der Waals surface area contributed by atoms with Crippen molar-refractivity contribution in [2.75, 3.05) is 6.26 Å². The van der Waals surface area contributed by atoms with Crippen LogP contribution in [0, 0.1) is 0 Å². The van der Waals surface area contributed by atoms with Gasteiger partial charge in [-0.25, -0.2) is 4.98 Å². The van der Waals surface area contributed by atoms with Gasteiger partial charge in [-0.2, -0.15) is 0 Å². The minimum atomic E-state index is -0.300. The van der Waals surface area contributed by atoms with E-state index in [2.05, 4.69) is 20.5 Å². The Morgan fingerprint density at radius 2 is 2.33 bits per heavy atom. The average Bonchev–Trinajstić information content (AvgIpc) is 3.24. The summed E-state index contributed by atoms with van der Waals surface area (Å²) >= 11 is 1.44. The van der Waals surface area contributed by atoms with Crippen LogP contribution >= 0.6 is 11.8 Å². The van der Waals surface area contributed by atoms with Gasteiger partial charge in [0, 0.05) is 0 Å². The van der Waals surface area contributed by atoms with Crippen molar-refractivity contribution in [3.8, 4) is 11.6 Å². The molecule has 0 unspecified atom stereocenters. The molecular weight excluding hydrogens is 292 g/mol. The fraction of sp³-hybridized carbons (Fsp3) is 0.154. The van der Waals surface area contributed by atoms with Crippen LogP contribution in [0.15, 0.2) is 44.5 Å². The van der Waals surface area contributed by atoms with Crippen molar-refractivity contribution in [3.63, 3.8) is 0 Å². The zero-order chi connectivity index (χ0) is 14.7. The van der Waals surface area contributed by atoms with Gasteiger partial charge in [0.15, 0.2) is 16.6 Å². The Kier molecular flexibility index (Phi) is 3.78. The summed E-state index contributed by atoms with van der Waals surface area (Å²) in [6.45, 7) is 0.224. The van der Waals surface area contributed by atoms with Gasteiger partial charge < -0.3 is 14.2 Å². The first-order valence-corrected chi connectivity index (χ1v) is 7.36. The molecule has 0 atom stereocenters. The van der Waals surface area contributed by atoms with Gasteiger partial charge >= 0.3 is 0 Å². The van der Waals surface area contributed by atoms with Crippen molar-refractivity contribution >= 4 is 17.7 Å². The predicted molar refractivity (Wildman–Crippen MR) is 75.7 cm³/mol. The van der Waals surface area contributed by atoms with Crippen molar-refractivity contribution < 1.29 is 13.6 Å². The summed E-state index contributed by atoms with van der Waals surface area (Å²) in [6, 6.07) is 6.91. The number of aromatic nitrogens is 3. The number of furan rings is 2. The highest BCUT2D eigenvalue weighted by Crippen LogP contribution is 2.18. The Labute approximate surface area is 124 Å². The van der Waals surface area contributed by atoms with Crippen molar-refractivity contribution in [3.05, 3.63) is 42.1 Å². The second-order valence-corrected chi connectivity index (χ2v) is 4.90. The van der Waals surface area contributed by atoms with Gasteiger partial charge in [-0.05, 0) is 30.5 Å². The molecule has 0 fully saturated rings. The normalized spacial score (nSPS) is 10.7. The molecule has 3 aromatic heterocycles. The Morgan fingerprint density at radius 1 is 1.43 bits per heavy atom. The molecule has 108 valence electrons. The van der Waals surface area contributed by atoms with Crippen molar-refractivity contribution in [1.82, 2.24) is 20.5 Å². The lowest BCUT2D eigenvalue weighted by atomic mass is 10.4. The third-order valence-corrected chi connectivity index (χ3v) is 3.32. The number of hydrogen-bond donors (Lipinski definition) is 2. The fourth-order valence-corrected chi connectivity index (χ4v) is 2.07. The van der Waals surface area contributed by atoms with E-state index in [9.17, 15) is 4.79 Å². The van der Waals surface area contributed by atoms with Crippen LogP contribution in [-0.2, 0) is 6.54 Å². The quantitative estimate of drug-likeness (QED) is 0.702. The molecule has 0 aliphatic carbocycles. The summed E-state index contributed by atoms with van der Waals surface area (Å²) in [5.41, 5.74) is 0. The lowest BCUT2D eigenvalue weighted by Gasteiger charge is -1.99. The molecule has 0 bridgehead atoms. The first kappa shape index (κ1) is 13.5. The number of aromatic amines is 1. The van der Waals surface area contributed by atoms with Gasteiger partial charge in [-0.3, -0.25) is 9.89 Å². The molecule has 0 aliphatic heterocycles. The molecule has 3 heterocycles. The summed E-state index contributed by atoms with van der Waals surface area (Å²) < 4.78 is 10.5. The summed E-state index contributed by atoms with van der Waals surface area (Å²) in [5, 5.41) is 10.2. The molecule has 21 heavy (non-hydrogen) atoms. The molecule has 3 rings (SSSR count). The predicted octanol–water partition coefficient (Wildman–Crippen LogP) is 2.31. The van der Waals surface area contributed by atoms with Gasteiger partial charge in [0.2, 0.25) is 5.82 Å². The Hall–Kier alpha value is -2.48. The summed E-state index contributed by atoms with van der Waals surface area (Å²) in [5.74, 6) is 1.52. The fourth-order valence-electron chi connectivity index (χ4n) is 1.69. The maximum Gasteiger partial charge on any atom is 0.287 e. The van der Waals surface area contributed by atoms with Gasteiger partial charge in [-0.1, -0.05) is 11.8 Å². The number of nitrogens with one attached hydrogen (secondary N) is 2. The smallest absolute Gasteiger partial charge is 0.287 e. The standard InChI is InChI=1S/C13H12N4O3S/c1-21-11-5-4-9(20-11)13(18)14-7-10-15-12(17-16-10)8-3-2-6-19-8/h2-6H,7H2,1H3,(H,14,18)(H,15,16,17). The van der Waals surface area contributed by atoms with Crippen LogP contribution in [-0.4, -0.2) is 27.3 Å². The van der Waals surface area contributed by atoms with E-state index < -0.39 is 0 Å². The maximum absolute atomic E-state index is 11.9.